The lowest BCUT2D eigenvalue weighted by atomic mass is 9.90. The van der Waals surface area contributed by atoms with Crippen LogP contribution in [0, 0.1) is 0 Å². The summed E-state index contributed by atoms with van der Waals surface area (Å²) in [6, 6.07) is 0. The Morgan fingerprint density at radius 3 is 1.47 bits per heavy atom. The first kappa shape index (κ1) is 26.4. The molecular weight excluding hydrogens is 408 g/mol. The van der Waals surface area contributed by atoms with Gasteiger partial charge in [-0.05, 0) is 25.7 Å². The summed E-state index contributed by atoms with van der Waals surface area (Å²) in [5, 5.41) is 22.0. The fourth-order valence-corrected chi connectivity index (χ4v) is 5.36. The largest absolute Gasteiger partial charge is 0.387 e. The molecule has 32 heavy (non-hydrogen) atoms. The molecule has 3 atom stereocenters. The Balaban J connectivity index is 1.59. The van der Waals surface area contributed by atoms with Crippen molar-refractivity contribution in [1.82, 2.24) is 0 Å². The first-order valence-electron chi connectivity index (χ1n) is 13.8. The minimum atomic E-state index is -1.87. The number of aliphatic hydroxyl groups is 2. The molecule has 0 aromatic rings. The highest BCUT2D eigenvalue weighted by molar-refractivity contribution is 4.96. The fraction of sp³-hybridized carbons (Fsp3) is 1.00. The van der Waals surface area contributed by atoms with Crippen LogP contribution in [0.2, 0.25) is 0 Å². The maximum absolute atomic E-state index is 11.2. The van der Waals surface area contributed by atoms with Gasteiger partial charge in [-0.2, -0.15) is 14.7 Å². The van der Waals surface area contributed by atoms with Gasteiger partial charge >= 0.3 is 0 Å². The van der Waals surface area contributed by atoms with Gasteiger partial charge in [0.1, 0.15) is 6.10 Å². The maximum Gasteiger partial charge on any atom is 0.292 e. The minimum Gasteiger partial charge on any atom is -0.387 e. The van der Waals surface area contributed by atoms with Crippen LogP contribution in [0.25, 0.3) is 0 Å². The first-order chi connectivity index (χ1) is 15.7. The number of hydrogen-bond acceptors (Lipinski definition) is 6. The number of fused-ring (bicyclic) bond motifs is 1. The van der Waals surface area contributed by atoms with Crippen LogP contribution in [-0.4, -0.2) is 34.0 Å². The molecule has 1 heterocycles. The monoisotopic (exact) mass is 456 g/mol. The average molecular weight is 457 g/mol. The Morgan fingerprint density at radius 1 is 0.562 bits per heavy atom. The second-order valence-corrected chi connectivity index (χ2v) is 10.4. The van der Waals surface area contributed by atoms with Crippen LogP contribution in [0.4, 0.5) is 0 Å². The molecule has 0 radical (unpaired) electrons. The smallest absolute Gasteiger partial charge is 0.292 e. The van der Waals surface area contributed by atoms with Gasteiger partial charge in [0.2, 0.25) is 0 Å². The molecule has 0 spiro atoms. The zero-order chi connectivity index (χ0) is 22.5. The zero-order valence-electron chi connectivity index (χ0n) is 20.2. The van der Waals surface area contributed by atoms with E-state index >= 15 is 0 Å². The van der Waals surface area contributed by atoms with Crippen molar-refractivity contribution in [2.75, 3.05) is 0 Å². The second-order valence-electron chi connectivity index (χ2n) is 10.4. The molecule has 188 valence electrons. The molecule has 0 aromatic heterocycles. The van der Waals surface area contributed by atoms with Gasteiger partial charge in [0.25, 0.3) is 11.6 Å². The normalized spacial score (nSPS) is 36.0. The van der Waals surface area contributed by atoms with Gasteiger partial charge in [-0.15, -0.1) is 0 Å². The molecular formula is C26H48O6. The summed E-state index contributed by atoms with van der Waals surface area (Å²) < 4.78 is 0. The van der Waals surface area contributed by atoms with E-state index in [9.17, 15) is 10.2 Å². The lowest BCUT2D eigenvalue weighted by Crippen LogP contribution is -2.73. The van der Waals surface area contributed by atoms with E-state index in [-0.39, 0.29) is 6.10 Å². The van der Waals surface area contributed by atoms with Gasteiger partial charge in [-0.25, -0.2) is 4.89 Å². The van der Waals surface area contributed by atoms with Gasteiger partial charge in [-0.3, -0.25) is 0 Å². The quantitative estimate of drug-likeness (QED) is 0.367. The van der Waals surface area contributed by atoms with E-state index < -0.39 is 17.7 Å². The number of rotatable bonds is 3. The summed E-state index contributed by atoms with van der Waals surface area (Å²) in [6.45, 7) is 0. The van der Waals surface area contributed by atoms with Crippen molar-refractivity contribution in [3.8, 4) is 0 Å². The van der Waals surface area contributed by atoms with Crippen LogP contribution in [0.5, 0.6) is 0 Å². The Labute approximate surface area is 195 Å². The second kappa shape index (κ2) is 14.2. The molecule has 1 saturated heterocycles. The van der Waals surface area contributed by atoms with Crippen molar-refractivity contribution in [3.63, 3.8) is 0 Å². The van der Waals surface area contributed by atoms with Crippen molar-refractivity contribution in [3.05, 3.63) is 0 Å². The van der Waals surface area contributed by atoms with Crippen molar-refractivity contribution in [1.29, 1.82) is 0 Å². The Kier molecular flexibility index (Phi) is 11.7. The topological polar surface area (TPSA) is 77.4 Å². The SMILES string of the molecule is OC1CCCCCCCCCCC2(OOC3CCCCCCCCCCCC3)OOC12O. The van der Waals surface area contributed by atoms with Gasteiger partial charge in [0.05, 0.1) is 6.10 Å². The van der Waals surface area contributed by atoms with E-state index in [1.807, 2.05) is 0 Å². The molecule has 0 aromatic carbocycles. The maximum atomic E-state index is 11.2. The predicted octanol–water partition coefficient (Wildman–Crippen LogP) is 6.62. The summed E-state index contributed by atoms with van der Waals surface area (Å²) in [7, 11) is 0. The highest BCUT2D eigenvalue weighted by Gasteiger charge is 2.70. The van der Waals surface area contributed by atoms with Crippen molar-refractivity contribution >= 4 is 0 Å². The highest BCUT2D eigenvalue weighted by atomic mass is 17.4. The number of aliphatic hydroxyl groups excluding tert-OH is 1. The molecule has 3 fully saturated rings. The predicted molar refractivity (Wildman–Crippen MR) is 123 cm³/mol. The molecule has 3 unspecified atom stereocenters. The summed E-state index contributed by atoms with van der Waals surface area (Å²) in [6.07, 6.45) is 23.1. The van der Waals surface area contributed by atoms with Crippen LogP contribution >= 0.6 is 0 Å². The summed E-state index contributed by atoms with van der Waals surface area (Å²) in [5.41, 5.74) is 0. The molecule has 3 aliphatic rings. The zero-order valence-corrected chi connectivity index (χ0v) is 20.2. The molecule has 1 aliphatic heterocycles. The third kappa shape index (κ3) is 7.64. The molecule has 2 saturated carbocycles. The van der Waals surface area contributed by atoms with Gasteiger partial charge in [-0.1, -0.05) is 109 Å². The molecule has 0 amide bonds. The summed E-state index contributed by atoms with van der Waals surface area (Å²) in [4.78, 5) is 22.4. The van der Waals surface area contributed by atoms with E-state index in [1.165, 1.54) is 77.0 Å². The average Bonchev–Trinajstić information content (AvgIpc) is 2.82. The highest BCUT2D eigenvalue weighted by Crippen LogP contribution is 2.47. The summed E-state index contributed by atoms with van der Waals surface area (Å²) in [5.74, 6) is -3.31. The first-order valence-corrected chi connectivity index (χ1v) is 13.8. The van der Waals surface area contributed by atoms with E-state index in [0.717, 1.165) is 51.4 Å². The molecule has 6 heteroatoms. The minimum absolute atomic E-state index is 0.0136. The van der Waals surface area contributed by atoms with Crippen molar-refractivity contribution in [2.45, 2.75) is 165 Å². The van der Waals surface area contributed by atoms with Crippen LogP contribution in [0.1, 0.15) is 141 Å². The molecule has 0 bridgehead atoms. The summed E-state index contributed by atoms with van der Waals surface area (Å²) >= 11 is 0. The van der Waals surface area contributed by atoms with Gasteiger partial charge in [0, 0.05) is 6.42 Å². The van der Waals surface area contributed by atoms with E-state index in [1.54, 1.807) is 0 Å². The Hall–Kier alpha value is -0.240. The molecule has 6 nitrogen and oxygen atoms in total. The van der Waals surface area contributed by atoms with Crippen molar-refractivity contribution in [2.24, 2.45) is 0 Å². The molecule has 3 rings (SSSR count). The fourth-order valence-electron chi connectivity index (χ4n) is 5.36. The third-order valence-corrected chi connectivity index (χ3v) is 7.66. The van der Waals surface area contributed by atoms with E-state index in [4.69, 9.17) is 19.6 Å². The van der Waals surface area contributed by atoms with Gasteiger partial charge < -0.3 is 10.2 Å². The molecule has 2 aliphatic carbocycles. The Bertz CT molecular complexity index is 489. The van der Waals surface area contributed by atoms with E-state index in [0.29, 0.717) is 12.8 Å². The lowest BCUT2D eigenvalue weighted by molar-refractivity contribution is -0.704. The van der Waals surface area contributed by atoms with Crippen LogP contribution in [0.3, 0.4) is 0 Å². The number of hydrogen-bond donors (Lipinski definition) is 2. The molecule has 2 N–H and O–H groups in total. The van der Waals surface area contributed by atoms with Crippen molar-refractivity contribution < 1.29 is 29.8 Å². The van der Waals surface area contributed by atoms with Crippen LogP contribution < -0.4 is 0 Å². The third-order valence-electron chi connectivity index (χ3n) is 7.66. The van der Waals surface area contributed by atoms with E-state index in [2.05, 4.69) is 0 Å². The standard InChI is InChI=1S/C26H48O6/c27-24-21-17-13-9-5-6-10-14-18-22-25(26(24,28)32-31-25)30-29-23-19-15-11-7-3-1-2-4-8-12-16-20-23/h23-24,27-28H,1-22H2. The van der Waals surface area contributed by atoms with Crippen LogP contribution in [-0.2, 0) is 19.6 Å². The Morgan fingerprint density at radius 2 is 1.00 bits per heavy atom. The lowest BCUT2D eigenvalue weighted by Gasteiger charge is -2.52. The van der Waals surface area contributed by atoms with Crippen LogP contribution in [0.15, 0.2) is 0 Å². The van der Waals surface area contributed by atoms with Gasteiger partial charge in [0.15, 0.2) is 0 Å².